The molecule has 0 aliphatic carbocycles. The van der Waals surface area contributed by atoms with E-state index in [-0.39, 0.29) is 13.0 Å². The molecule has 1 atom stereocenters. The Hall–Kier alpha value is -2.37. The molecule has 6 heteroatoms. The number of hydrogen-bond acceptors (Lipinski definition) is 5. The minimum Gasteiger partial charge on any atom is -0.461 e. The van der Waals surface area contributed by atoms with Crippen LogP contribution in [0.25, 0.3) is 0 Å². The molecule has 1 saturated heterocycles. The minimum absolute atomic E-state index is 0.134. The zero-order valence-electron chi connectivity index (χ0n) is 9.42. The molecule has 1 fully saturated rings. The number of hydrogen-bond donors (Lipinski definition) is 1. The van der Waals surface area contributed by atoms with Crippen LogP contribution in [0, 0.1) is 0 Å². The Morgan fingerprint density at radius 3 is 2.61 bits per heavy atom. The third-order valence-electron chi connectivity index (χ3n) is 2.38. The van der Waals surface area contributed by atoms with E-state index in [0.717, 1.165) is 5.56 Å². The smallest absolute Gasteiger partial charge is 0.415 e. The van der Waals surface area contributed by atoms with Gasteiger partial charge in [0.25, 0.3) is 0 Å². The van der Waals surface area contributed by atoms with Crippen molar-refractivity contribution in [2.45, 2.75) is 19.1 Å². The van der Waals surface area contributed by atoms with E-state index in [9.17, 15) is 14.4 Å². The zero-order valence-corrected chi connectivity index (χ0v) is 9.42. The highest BCUT2D eigenvalue weighted by molar-refractivity contribution is 5.97. The van der Waals surface area contributed by atoms with E-state index >= 15 is 0 Å². The van der Waals surface area contributed by atoms with E-state index in [4.69, 9.17) is 4.74 Å². The van der Waals surface area contributed by atoms with Gasteiger partial charge in [0.1, 0.15) is 12.6 Å². The molecule has 1 aliphatic heterocycles. The summed E-state index contributed by atoms with van der Waals surface area (Å²) in [7, 11) is 0. The zero-order chi connectivity index (χ0) is 13.0. The average molecular weight is 249 g/mol. The number of carbonyl (C=O) groups excluding carboxylic acids is 3. The fourth-order valence-corrected chi connectivity index (χ4v) is 1.49. The van der Waals surface area contributed by atoms with Crippen LogP contribution in [0.5, 0.6) is 0 Å². The summed E-state index contributed by atoms with van der Waals surface area (Å²) in [6, 6.07) is 8.21. The molecule has 0 saturated carbocycles. The van der Waals surface area contributed by atoms with Gasteiger partial charge >= 0.3 is 18.0 Å². The molecule has 0 unspecified atom stereocenters. The van der Waals surface area contributed by atoms with Crippen LogP contribution in [-0.4, -0.2) is 24.1 Å². The predicted octanol–water partition coefficient (Wildman–Crippen LogP) is 0.755. The highest BCUT2D eigenvalue weighted by Crippen LogP contribution is 2.07. The molecule has 0 radical (unpaired) electrons. The SMILES string of the molecule is O=C(C[C@@H]1NC(=O)OC1=O)OCc1ccccc1. The fraction of sp³-hybridized carbons (Fsp3) is 0.250. The van der Waals surface area contributed by atoms with Crippen LogP contribution in [0.15, 0.2) is 30.3 Å². The van der Waals surface area contributed by atoms with Gasteiger partial charge in [-0.15, -0.1) is 0 Å². The highest BCUT2D eigenvalue weighted by Gasteiger charge is 2.34. The summed E-state index contributed by atoms with van der Waals surface area (Å²) < 4.78 is 9.22. The molecule has 94 valence electrons. The van der Waals surface area contributed by atoms with Gasteiger partial charge in [0.2, 0.25) is 0 Å². The monoisotopic (exact) mass is 249 g/mol. The van der Waals surface area contributed by atoms with Crippen molar-refractivity contribution in [3.63, 3.8) is 0 Å². The molecule has 1 aromatic carbocycles. The second-order valence-electron chi connectivity index (χ2n) is 3.76. The Morgan fingerprint density at radius 1 is 1.28 bits per heavy atom. The van der Waals surface area contributed by atoms with Crippen molar-refractivity contribution >= 4 is 18.0 Å². The first kappa shape index (κ1) is 12.1. The van der Waals surface area contributed by atoms with Gasteiger partial charge in [0.15, 0.2) is 0 Å². The standard InChI is InChI=1S/C12H11NO5/c14-10(6-9-11(15)18-12(16)13-9)17-7-8-4-2-1-3-5-8/h1-5,9H,6-7H2,(H,13,16)/t9-/m0/s1. The van der Waals surface area contributed by atoms with Crippen molar-refractivity contribution in [3.05, 3.63) is 35.9 Å². The van der Waals surface area contributed by atoms with E-state index in [1.807, 2.05) is 30.3 Å². The molecule has 18 heavy (non-hydrogen) atoms. The molecule has 0 aromatic heterocycles. The van der Waals surface area contributed by atoms with Gasteiger partial charge in [-0.1, -0.05) is 30.3 Å². The van der Waals surface area contributed by atoms with Crippen molar-refractivity contribution in [2.75, 3.05) is 0 Å². The molecule has 6 nitrogen and oxygen atoms in total. The van der Waals surface area contributed by atoms with Crippen LogP contribution in [0.4, 0.5) is 4.79 Å². The van der Waals surface area contributed by atoms with Crippen molar-refractivity contribution in [2.24, 2.45) is 0 Å². The van der Waals surface area contributed by atoms with E-state index in [1.165, 1.54) is 0 Å². The first-order valence-corrected chi connectivity index (χ1v) is 5.37. The summed E-state index contributed by atoms with van der Waals surface area (Å²) in [5, 5.41) is 2.22. The molecular weight excluding hydrogens is 238 g/mol. The van der Waals surface area contributed by atoms with Crippen LogP contribution < -0.4 is 5.32 Å². The lowest BCUT2D eigenvalue weighted by Gasteiger charge is -2.06. The highest BCUT2D eigenvalue weighted by atomic mass is 16.6. The van der Waals surface area contributed by atoms with Crippen LogP contribution in [0.2, 0.25) is 0 Å². The van der Waals surface area contributed by atoms with Gasteiger partial charge in [0, 0.05) is 0 Å². The van der Waals surface area contributed by atoms with Crippen LogP contribution >= 0.6 is 0 Å². The number of amides is 1. The van der Waals surface area contributed by atoms with E-state index in [2.05, 4.69) is 10.1 Å². The lowest BCUT2D eigenvalue weighted by atomic mass is 10.2. The molecule has 1 aromatic rings. The second-order valence-corrected chi connectivity index (χ2v) is 3.76. The lowest BCUT2D eigenvalue weighted by Crippen LogP contribution is -2.31. The molecule has 1 heterocycles. The van der Waals surface area contributed by atoms with Crippen molar-refractivity contribution in [1.82, 2.24) is 5.32 Å². The number of esters is 2. The largest absolute Gasteiger partial charge is 0.461 e. The third kappa shape index (κ3) is 3.07. The average Bonchev–Trinajstić information content (AvgIpc) is 2.67. The Kier molecular flexibility index (Phi) is 3.57. The molecular formula is C12H11NO5. The van der Waals surface area contributed by atoms with Gasteiger partial charge in [-0.05, 0) is 5.56 Å². The Morgan fingerprint density at radius 2 is 2.00 bits per heavy atom. The second kappa shape index (κ2) is 5.31. The predicted molar refractivity (Wildman–Crippen MR) is 59.3 cm³/mol. The molecule has 0 bridgehead atoms. The number of ether oxygens (including phenoxy) is 2. The molecule has 0 spiro atoms. The summed E-state index contributed by atoms with van der Waals surface area (Å²) in [5.74, 6) is -1.32. The van der Waals surface area contributed by atoms with E-state index in [0.29, 0.717) is 0 Å². The summed E-state index contributed by atoms with van der Waals surface area (Å²) in [4.78, 5) is 33.2. The van der Waals surface area contributed by atoms with Crippen molar-refractivity contribution in [1.29, 1.82) is 0 Å². The number of alkyl carbamates (subject to hydrolysis) is 1. The summed E-state index contributed by atoms with van der Waals surface area (Å²) in [5.41, 5.74) is 0.851. The number of benzene rings is 1. The molecule has 1 aliphatic rings. The van der Waals surface area contributed by atoms with E-state index in [1.54, 1.807) is 0 Å². The first-order chi connectivity index (χ1) is 8.65. The lowest BCUT2D eigenvalue weighted by molar-refractivity contribution is -0.148. The topological polar surface area (TPSA) is 81.7 Å². The third-order valence-corrected chi connectivity index (χ3v) is 2.38. The minimum atomic E-state index is -0.944. The number of cyclic esters (lactones) is 2. The number of rotatable bonds is 4. The normalized spacial score (nSPS) is 18.1. The Labute approximate surface area is 103 Å². The Bertz CT molecular complexity index is 471. The van der Waals surface area contributed by atoms with Crippen molar-refractivity contribution in [3.8, 4) is 0 Å². The van der Waals surface area contributed by atoms with Crippen LogP contribution in [-0.2, 0) is 25.7 Å². The summed E-state index contributed by atoms with van der Waals surface area (Å²) in [6.45, 7) is 0.134. The fourth-order valence-electron chi connectivity index (χ4n) is 1.49. The van der Waals surface area contributed by atoms with Gasteiger partial charge in [-0.25, -0.2) is 9.59 Å². The van der Waals surface area contributed by atoms with Crippen LogP contribution in [0.1, 0.15) is 12.0 Å². The maximum absolute atomic E-state index is 11.4. The molecule has 2 rings (SSSR count). The van der Waals surface area contributed by atoms with E-state index < -0.39 is 24.1 Å². The molecule has 1 amide bonds. The first-order valence-electron chi connectivity index (χ1n) is 5.37. The maximum Gasteiger partial charge on any atom is 0.415 e. The number of carbonyl (C=O) groups is 3. The summed E-state index contributed by atoms with van der Waals surface area (Å²) in [6.07, 6.45) is -1.06. The van der Waals surface area contributed by atoms with Gasteiger partial charge in [-0.2, -0.15) is 0 Å². The Balaban J connectivity index is 1.79. The van der Waals surface area contributed by atoms with Gasteiger partial charge in [0.05, 0.1) is 6.42 Å². The van der Waals surface area contributed by atoms with Crippen molar-refractivity contribution < 1.29 is 23.9 Å². The number of nitrogens with one attached hydrogen (secondary N) is 1. The maximum atomic E-state index is 11.4. The van der Waals surface area contributed by atoms with Gasteiger partial charge < -0.3 is 14.8 Å². The van der Waals surface area contributed by atoms with Gasteiger partial charge in [-0.3, -0.25) is 4.79 Å². The summed E-state index contributed by atoms with van der Waals surface area (Å²) >= 11 is 0. The van der Waals surface area contributed by atoms with Crippen LogP contribution in [0.3, 0.4) is 0 Å². The molecule has 1 N–H and O–H groups in total. The quantitative estimate of drug-likeness (QED) is 0.629.